The number of cyclic esters (lactones) is 2. The largest absolute Gasteiger partial charge is 0.389 e. The molecule has 0 saturated heterocycles. The molecule has 0 aromatic heterocycles. The van der Waals surface area contributed by atoms with Gasteiger partial charge in [0.05, 0.1) is 0 Å². The molecule has 0 amide bonds. The Morgan fingerprint density at radius 1 is 1.40 bits per heavy atom. The van der Waals surface area contributed by atoms with Crippen LogP contribution in [-0.4, -0.2) is 17.9 Å². The van der Waals surface area contributed by atoms with E-state index in [1.807, 2.05) is 0 Å². The molecule has 0 aromatic rings. The molecule has 0 saturated carbocycles. The molecule has 1 aliphatic rings. The van der Waals surface area contributed by atoms with E-state index in [-0.39, 0.29) is 6.08 Å². The lowest BCUT2D eigenvalue weighted by Crippen LogP contribution is -2.33. The fourth-order valence-electron chi connectivity index (χ4n) is 0.434. The number of alkyl halides is 2. The lowest BCUT2D eigenvalue weighted by Gasteiger charge is -2.12. The Labute approximate surface area is 54.3 Å². The van der Waals surface area contributed by atoms with E-state index in [1.54, 1.807) is 0 Å². The number of carbonyl (C=O) groups is 2. The van der Waals surface area contributed by atoms with Crippen LogP contribution < -0.4 is 0 Å². The van der Waals surface area contributed by atoms with Gasteiger partial charge in [0.15, 0.2) is 0 Å². The summed E-state index contributed by atoms with van der Waals surface area (Å²) in [6, 6.07) is 0. The topological polar surface area (TPSA) is 43.4 Å². The minimum Gasteiger partial charge on any atom is -0.385 e. The summed E-state index contributed by atoms with van der Waals surface area (Å²) in [5.41, 5.74) is 0. The third-order valence-corrected chi connectivity index (χ3v) is 0.894. The molecule has 1 heterocycles. The van der Waals surface area contributed by atoms with Crippen LogP contribution in [0.2, 0.25) is 0 Å². The van der Waals surface area contributed by atoms with Gasteiger partial charge in [-0.05, 0) is 0 Å². The number of esters is 2. The Bertz CT molecular complexity index is 219. The summed E-state index contributed by atoms with van der Waals surface area (Å²) >= 11 is 0. The van der Waals surface area contributed by atoms with Gasteiger partial charge in [-0.25, -0.2) is 9.59 Å². The number of rotatable bonds is 0. The number of hydrogen-bond acceptors (Lipinski definition) is 3. The van der Waals surface area contributed by atoms with Gasteiger partial charge in [-0.3, -0.25) is 0 Å². The fraction of sp³-hybridized carbons (Fsp3) is 0.200. The Kier molecular flexibility index (Phi) is 1.28. The molecular formula is C5H2F2O3. The van der Waals surface area contributed by atoms with Crippen LogP contribution in [0.15, 0.2) is 12.2 Å². The summed E-state index contributed by atoms with van der Waals surface area (Å²) in [6.07, 6.45) is 0.725. The molecule has 0 aromatic carbocycles. The van der Waals surface area contributed by atoms with E-state index >= 15 is 0 Å². The molecule has 10 heavy (non-hydrogen) atoms. The molecule has 0 aliphatic carbocycles. The van der Waals surface area contributed by atoms with Crippen LogP contribution in [0.1, 0.15) is 0 Å². The third kappa shape index (κ3) is 1.02. The predicted octanol–water partition coefficient (Wildman–Crippen LogP) is 0.261. The van der Waals surface area contributed by atoms with Gasteiger partial charge in [0.1, 0.15) is 0 Å². The molecule has 0 fully saturated rings. The van der Waals surface area contributed by atoms with Crippen molar-refractivity contribution >= 4 is 11.9 Å². The molecule has 54 valence electrons. The maximum Gasteiger partial charge on any atom is 0.389 e. The van der Waals surface area contributed by atoms with Gasteiger partial charge >= 0.3 is 17.9 Å². The van der Waals surface area contributed by atoms with E-state index in [2.05, 4.69) is 4.74 Å². The van der Waals surface area contributed by atoms with Gasteiger partial charge < -0.3 is 4.74 Å². The maximum atomic E-state index is 12.1. The van der Waals surface area contributed by atoms with Crippen molar-refractivity contribution in [1.29, 1.82) is 0 Å². The van der Waals surface area contributed by atoms with Crippen LogP contribution in [0.4, 0.5) is 8.78 Å². The van der Waals surface area contributed by atoms with Crippen LogP contribution in [0.5, 0.6) is 0 Å². The van der Waals surface area contributed by atoms with Gasteiger partial charge in [-0.1, -0.05) is 0 Å². The van der Waals surface area contributed by atoms with Crippen LogP contribution in [0, 0.1) is 0 Å². The number of hydrogen-bond donors (Lipinski definition) is 0. The second-order valence-electron chi connectivity index (χ2n) is 1.66. The van der Waals surface area contributed by atoms with Gasteiger partial charge in [0.25, 0.3) is 0 Å². The highest BCUT2D eigenvalue weighted by atomic mass is 19.3. The molecule has 0 spiro atoms. The summed E-state index contributed by atoms with van der Waals surface area (Å²) in [5.74, 6) is -6.52. The van der Waals surface area contributed by atoms with Crippen molar-refractivity contribution in [3.05, 3.63) is 12.2 Å². The van der Waals surface area contributed by atoms with E-state index in [0.717, 1.165) is 0 Å². The first kappa shape index (κ1) is 6.85. The van der Waals surface area contributed by atoms with Crippen molar-refractivity contribution in [2.75, 3.05) is 0 Å². The molecule has 5 heteroatoms. The highest BCUT2D eigenvalue weighted by Gasteiger charge is 2.41. The lowest BCUT2D eigenvalue weighted by molar-refractivity contribution is -0.173. The monoisotopic (exact) mass is 148 g/mol. The molecule has 1 aliphatic heterocycles. The number of carbonyl (C=O) groups excluding carboxylic acids is 2. The zero-order valence-electron chi connectivity index (χ0n) is 4.64. The summed E-state index contributed by atoms with van der Waals surface area (Å²) in [7, 11) is 0. The Hall–Kier alpha value is -1.26. The summed E-state index contributed by atoms with van der Waals surface area (Å²) < 4.78 is 27.7. The van der Waals surface area contributed by atoms with Crippen molar-refractivity contribution in [2.24, 2.45) is 0 Å². The standard InChI is InChI=1S/C5H2F2O3/c6-5(7)2-1-3(8)10-4(5)9/h1-2H. The lowest BCUT2D eigenvalue weighted by atomic mass is 10.3. The highest BCUT2D eigenvalue weighted by molar-refractivity contribution is 5.99. The van der Waals surface area contributed by atoms with E-state index in [4.69, 9.17) is 0 Å². The molecule has 3 nitrogen and oxygen atoms in total. The van der Waals surface area contributed by atoms with Crippen molar-refractivity contribution in [3.63, 3.8) is 0 Å². The zero-order valence-corrected chi connectivity index (χ0v) is 4.64. The molecular weight excluding hydrogens is 146 g/mol. The second kappa shape index (κ2) is 1.86. The molecule has 0 N–H and O–H groups in total. The first-order valence-corrected chi connectivity index (χ1v) is 2.36. The van der Waals surface area contributed by atoms with Crippen LogP contribution in [-0.2, 0) is 14.3 Å². The van der Waals surface area contributed by atoms with Crippen LogP contribution in [0.25, 0.3) is 0 Å². The third-order valence-electron chi connectivity index (χ3n) is 0.894. The predicted molar refractivity (Wildman–Crippen MR) is 25.2 cm³/mol. The summed E-state index contributed by atoms with van der Waals surface area (Å²) in [5, 5.41) is 0. The van der Waals surface area contributed by atoms with Crippen molar-refractivity contribution in [2.45, 2.75) is 5.92 Å². The average Bonchev–Trinajstić information content (AvgIpc) is 1.81. The van der Waals surface area contributed by atoms with E-state index in [1.165, 1.54) is 0 Å². The Morgan fingerprint density at radius 3 is 2.40 bits per heavy atom. The number of ether oxygens (including phenoxy) is 1. The van der Waals surface area contributed by atoms with Crippen molar-refractivity contribution in [3.8, 4) is 0 Å². The number of halogens is 2. The van der Waals surface area contributed by atoms with E-state index in [9.17, 15) is 18.4 Å². The SMILES string of the molecule is O=C1C=CC(F)(F)C(=O)O1. The van der Waals surface area contributed by atoms with Gasteiger partial charge in [-0.2, -0.15) is 8.78 Å². The minimum atomic E-state index is -3.64. The molecule has 1 rings (SSSR count). The Balaban J connectivity index is 2.93. The quantitative estimate of drug-likeness (QED) is 0.365. The zero-order chi connectivity index (χ0) is 7.78. The van der Waals surface area contributed by atoms with Gasteiger partial charge in [0.2, 0.25) is 0 Å². The van der Waals surface area contributed by atoms with Crippen LogP contribution >= 0.6 is 0 Å². The molecule has 0 unspecified atom stereocenters. The molecule has 0 radical (unpaired) electrons. The molecule has 0 atom stereocenters. The highest BCUT2D eigenvalue weighted by Crippen LogP contribution is 2.20. The smallest absolute Gasteiger partial charge is 0.385 e. The Morgan fingerprint density at radius 2 is 2.00 bits per heavy atom. The maximum absolute atomic E-state index is 12.1. The van der Waals surface area contributed by atoms with Crippen molar-refractivity contribution in [1.82, 2.24) is 0 Å². The molecule has 0 bridgehead atoms. The summed E-state index contributed by atoms with van der Waals surface area (Å²) in [6.45, 7) is 0. The average molecular weight is 148 g/mol. The van der Waals surface area contributed by atoms with Gasteiger partial charge in [0, 0.05) is 12.2 Å². The second-order valence-corrected chi connectivity index (χ2v) is 1.66. The van der Waals surface area contributed by atoms with Gasteiger partial charge in [-0.15, -0.1) is 0 Å². The fourth-order valence-corrected chi connectivity index (χ4v) is 0.434. The minimum absolute atomic E-state index is 0.209. The summed E-state index contributed by atoms with van der Waals surface area (Å²) in [4.78, 5) is 20.2. The van der Waals surface area contributed by atoms with Crippen molar-refractivity contribution < 1.29 is 23.1 Å². The van der Waals surface area contributed by atoms with E-state index < -0.39 is 17.9 Å². The first-order valence-electron chi connectivity index (χ1n) is 2.36. The van der Waals surface area contributed by atoms with E-state index in [0.29, 0.717) is 6.08 Å². The van der Waals surface area contributed by atoms with Crippen LogP contribution in [0.3, 0.4) is 0 Å². The normalized spacial score (nSPS) is 22.6. The first-order chi connectivity index (χ1) is 4.52.